The lowest BCUT2D eigenvalue weighted by Crippen LogP contribution is -2.16. The second-order valence-electron chi connectivity index (χ2n) is 7.70. The molecule has 0 unspecified atom stereocenters. The van der Waals surface area contributed by atoms with Gasteiger partial charge >= 0.3 is 5.69 Å². The summed E-state index contributed by atoms with van der Waals surface area (Å²) in [6, 6.07) is 4.89. The fraction of sp³-hybridized carbons (Fsp3) is 0.208. The van der Waals surface area contributed by atoms with E-state index in [0.717, 1.165) is 12.3 Å². The molecule has 10 nitrogen and oxygen atoms in total. The first kappa shape index (κ1) is 25.8. The standard InChI is InChI=1S/C24H21ClF2N4O6/c1-11(32)9-36-18-7-14(25)16(31-22-21(30-24(31)33)23(35-4)29-12(2)28-22)8-19(18)37-10-13-17(34-3)6-5-15(26)20(13)27/h5-9,32H,10H2,1-4H3,(H,30,33)/b11-9-. The Bertz CT molecular complexity index is 1580. The molecule has 4 aromatic rings. The highest BCUT2D eigenvalue weighted by atomic mass is 35.5. The maximum absolute atomic E-state index is 14.5. The van der Waals surface area contributed by atoms with Gasteiger partial charge in [-0.2, -0.15) is 4.98 Å². The first-order valence-electron chi connectivity index (χ1n) is 10.7. The molecule has 2 heterocycles. The van der Waals surface area contributed by atoms with Crippen molar-refractivity contribution in [2.24, 2.45) is 0 Å². The highest BCUT2D eigenvalue weighted by Crippen LogP contribution is 2.38. The third kappa shape index (κ3) is 5.00. The number of ether oxygens (including phenoxy) is 4. The van der Waals surface area contributed by atoms with Crippen LogP contribution in [0.25, 0.3) is 16.9 Å². The van der Waals surface area contributed by atoms with E-state index in [1.807, 2.05) is 0 Å². The van der Waals surface area contributed by atoms with Gasteiger partial charge in [-0.3, -0.25) is 4.98 Å². The van der Waals surface area contributed by atoms with E-state index in [1.54, 1.807) is 6.92 Å². The largest absolute Gasteiger partial charge is 0.509 e. The van der Waals surface area contributed by atoms with Gasteiger partial charge in [0.15, 0.2) is 28.8 Å². The van der Waals surface area contributed by atoms with Crippen LogP contribution in [0.1, 0.15) is 18.3 Å². The summed E-state index contributed by atoms with van der Waals surface area (Å²) in [5, 5.41) is 9.59. The number of aliphatic hydroxyl groups is 1. The number of aromatic nitrogens is 4. The smallest absolute Gasteiger partial charge is 0.332 e. The van der Waals surface area contributed by atoms with Crippen LogP contribution in [0.4, 0.5) is 8.78 Å². The highest BCUT2D eigenvalue weighted by Gasteiger charge is 2.22. The van der Waals surface area contributed by atoms with Gasteiger partial charge in [0.05, 0.1) is 30.5 Å². The number of rotatable bonds is 8. The van der Waals surface area contributed by atoms with E-state index in [2.05, 4.69) is 15.0 Å². The lowest BCUT2D eigenvalue weighted by molar-refractivity contribution is 0.273. The Morgan fingerprint density at radius 1 is 1.16 bits per heavy atom. The van der Waals surface area contributed by atoms with E-state index < -0.39 is 23.9 Å². The van der Waals surface area contributed by atoms with Crippen molar-refractivity contribution in [2.45, 2.75) is 20.5 Å². The first-order chi connectivity index (χ1) is 17.6. The van der Waals surface area contributed by atoms with Gasteiger partial charge in [0.25, 0.3) is 0 Å². The Labute approximate surface area is 213 Å². The number of hydrogen-bond donors (Lipinski definition) is 2. The zero-order valence-corrected chi connectivity index (χ0v) is 20.8. The monoisotopic (exact) mass is 534 g/mol. The van der Waals surface area contributed by atoms with Gasteiger partial charge in [0, 0.05) is 12.1 Å². The number of allylic oxidation sites excluding steroid dienone is 1. The Balaban J connectivity index is 1.87. The minimum atomic E-state index is -1.14. The number of halogens is 3. The number of hydrogen-bond acceptors (Lipinski definition) is 8. The van der Waals surface area contributed by atoms with Crippen LogP contribution in [0.15, 0.2) is 41.1 Å². The molecule has 0 aliphatic carbocycles. The molecule has 13 heteroatoms. The molecule has 2 aromatic heterocycles. The van der Waals surface area contributed by atoms with Gasteiger partial charge in [-0.1, -0.05) is 11.6 Å². The molecule has 0 spiro atoms. The van der Waals surface area contributed by atoms with Gasteiger partial charge in [-0.05, 0) is 26.0 Å². The Morgan fingerprint density at radius 2 is 1.92 bits per heavy atom. The average molecular weight is 535 g/mol. The second-order valence-corrected chi connectivity index (χ2v) is 8.11. The lowest BCUT2D eigenvalue weighted by Gasteiger charge is -2.16. The van der Waals surface area contributed by atoms with Gasteiger partial charge < -0.3 is 24.1 Å². The van der Waals surface area contributed by atoms with Crippen molar-refractivity contribution in [1.29, 1.82) is 0 Å². The van der Waals surface area contributed by atoms with Crippen LogP contribution in [-0.4, -0.2) is 38.8 Å². The molecular weight excluding hydrogens is 514 g/mol. The Morgan fingerprint density at radius 3 is 2.59 bits per heavy atom. The quantitative estimate of drug-likeness (QED) is 0.311. The third-order valence-corrected chi connectivity index (χ3v) is 5.47. The van der Waals surface area contributed by atoms with Crippen LogP contribution < -0.4 is 24.6 Å². The van der Waals surface area contributed by atoms with Crippen molar-refractivity contribution in [2.75, 3.05) is 14.2 Å². The second kappa shape index (κ2) is 10.3. The maximum Gasteiger partial charge on any atom is 0.332 e. The fourth-order valence-electron chi connectivity index (χ4n) is 3.53. The Hall–Kier alpha value is -4.32. The zero-order chi connectivity index (χ0) is 26.9. The van der Waals surface area contributed by atoms with Crippen LogP contribution >= 0.6 is 11.6 Å². The predicted octanol–water partition coefficient (Wildman–Crippen LogP) is 4.74. The molecule has 0 saturated heterocycles. The van der Waals surface area contributed by atoms with Gasteiger partial charge in [0.2, 0.25) is 5.88 Å². The summed E-state index contributed by atoms with van der Waals surface area (Å²) >= 11 is 6.51. The minimum absolute atomic E-state index is 0.0124. The zero-order valence-electron chi connectivity index (χ0n) is 20.1. The highest BCUT2D eigenvalue weighted by molar-refractivity contribution is 6.32. The van der Waals surface area contributed by atoms with E-state index in [9.17, 15) is 18.7 Å². The summed E-state index contributed by atoms with van der Waals surface area (Å²) in [6.45, 7) is 2.54. The molecule has 0 amide bonds. The van der Waals surface area contributed by atoms with Crippen molar-refractivity contribution in [3.63, 3.8) is 0 Å². The van der Waals surface area contributed by atoms with Gasteiger partial charge in [0.1, 0.15) is 35.7 Å². The molecule has 4 rings (SSSR count). The summed E-state index contributed by atoms with van der Waals surface area (Å²) in [5.41, 5.74) is -0.228. The normalized spacial score (nSPS) is 11.6. The summed E-state index contributed by atoms with van der Waals surface area (Å²) in [6.07, 6.45) is 1.03. The summed E-state index contributed by atoms with van der Waals surface area (Å²) in [5.74, 6) is -1.82. The molecule has 2 aromatic carbocycles. The number of nitrogens with one attached hydrogen (secondary N) is 1. The van der Waals surface area contributed by atoms with Crippen molar-refractivity contribution >= 4 is 22.8 Å². The van der Waals surface area contributed by atoms with Crippen molar-refractivity contribution < 1.29 is 32.8 Å². The van der Waals surface area contributed by atoms with Crippen molar-refractivity contribution in [1.82, 2.24) is 19.5 Å². The molecule has 194 valence electrons. The maximum atomic E-state index is 14.5. The van der Waals surface area contributed by atoms with Crippen LogP contribution in [0.2, 0.25) is 5.02 Å². The number of aryl methyl sites for hydroxylation is 1. The number of aliphatic hydroxyl groups excluding tert-OH is 1. The fourth-order valence-corrected chi connectivity index (χ4v) is 3.77. The molecular formula is C24H21ClF2N4O6. The number of H-pyrrole nitrogens is 1. The van der Waals surface area contributed by atoms with E-state index in [-0.39, 0.29) is 56.3 Å². The van der Waals surface area contributed by atoms with Crippen molar-refractivity contribution in [3.05, 3.63) is 74.8 Å². The number of benzene rings is 2. The Kier molecular flexibility index (Phi) is 7.21. The summed E-state index contributed by atoms with van der Waals surface area (Å²) in [7, 11) is 2.71. The van der Waals surface area contributed by atoms with Crippen LogP contribution in [0, 0.1) is 18.6 Å². The average Bonchev–Trinajstić information content (AvgIpc) is 3.18. The molecule has 2 N–H and O–H groups in total. The van der Waals surface area contributed by atoms with Gasteiger partial charge in [-0.15, -0.1) is 0 Å². The van der Waals surface area contributed by atoms with Crippen LogP contribution in [0.3, 0.4) is 0 Å². The van der Waals surface area contributed by atoms with E-state index in [0.29, 0.717) is 5.82 Å². The number of aromatic amines is 1. The number of methoxy groups -OCH3 is 2. The van der Waals surface area contributed by atoms with E-state index >= 15 is 0 Å². The number of nitrogens with zero attached hydrogens (tertiary/aromatic N) is 3. The summed E-state index contributed by atoms with van der Waals surface area (Å²) in [4.78, 5) is 24.1. The molecule has 0 bridgehead atoms. The van der Waals surface area contributed by atoms with E-state index in [4.69, 9.17) is 30.5 Å². The van der Waals surface area contributed by atoms with Crippen LogP contribution in [-0.2, 0) is 6.61 Å². The van der Waals surface area contributed by atoms with Crippen molar-refractivity contribution in [3.8, 4) is 28.8 Å². The summed E-state index contributed by atoms with van der Waals surface area (Å²) < 4.78 is 51.2. The first-order valence-corrected chi connectivity index (χ1v) is 11.1. The number of fused-ring (bicyclic) bond motifs is 1. The molecule has 0 atom stereocenters. The SMILES string of the molecule is COc1ccc(F)c(F)c1COc1cc(-n2c(=O)[nH]c3c(OC)nc(C)nc32)c(Cl)cc1O/C=C(/C)O. The predicted molar refractivity (Wildman–Crippen MR) is 130 cm³/mol. The molecule has 0 radical (unpaired) electrons. The lowest BCUT2D eigenvalue weighted by atomic mass is 10.2. The van der Waals surface area contributed by atoms with Crippen LogP contribution in [0.5, 0.6) is 23.1 Å². The topological polar surface area (TPSA) is 121 Å². The number of imidazole rings is 1. The molecule has 0 aliphatic rings. The molecule has 0 aliphatic heterocycles. The third-order valence-electron chi connectivity index (χ3n) is 5.16. The van der Waals surface area contributed by atoms with E-state index in [1.165, 1.54) is 43.9 Å². The molecule has 0 saturated carbocycles. The minimum Gasteiger partial charge on any atom is -0.509 e. The molecule has 0 fully saturated rings. The molecule has 37 heavy (non-hydrogen) atoms. The van der Waals surface area contributed by atoms with Gasteiger partial charge in [-0.25, -0.2) is 23.1 Å².